The van der Waals surface area contributed by atoms with Crippen molar-refractivity contribution >= 4 is 17.6 Å². The van der Waals surface area contributed by atoms with E-state index >= 15 is 0 Å². The van der Waals surface area contributed by atoms with Crippen molar-refractivity contribution in [2.45, 2.75) is 0 Å². The summed E-state index contributed by atoms with van der Waals surface area (Å²) in [4.78, 5) is 25.9. The lowest BCUT2D eigenvalue weighted by Crippen LogP contribution is -2.31. The Morgan fingerprint density at radius 1 is 0.815 bits per heavy atom. The van der Waals surface area contributed by atoms with Crippen LogP contribution in [0, 0.1) is 0 Å². The Kier molecular flexibility index (Phi) is 5.84. The Bertz CT molecular complexity index is 910. The van der Waals surface area contributed by atoms with Crippen LogP contribution >= 0.6 is 0 Å². The Morgan fingerprint density at radius 3 is 2.15 bits per heavy atom. The lowest BCUT2D eigenvalue weighted by atomic mass is 10.2. The monoisotopic (exact) mass is 361 g/mol. The average molecular weight is 361 g/mol. The molecule has 27 heavy (non-hydrogen) atoms. The fraction of sp³-hybridized carbons (Fsp3) is 0.0909. The van der Waals surface area contributed by atoms with E-state index < -0.39 is 5.97 Å². The van der Waals surface area contributed by atoms with Crippen molar-refractivity contribution in [3.8, 4) is 11.5 Å². The smallest absolute Gasteiger partial charge is 0.338 e. The number of hydrogen-bond acceptors (Lipinski definition) is 4. The number of rotatable bonds is 6. The van der Waals surface area contributed by atoms with Gasteiger partial charge in [-0.25, -0.2) is 4.79 Å². The first-order chi connectivity index (χ1) is 13.1. The molecule has 0 radical (unpaired) electrons. The molecule has 0 atom stereocenters. The summed E-state index contributed by atoms with van der Waals surface area (Å²) >= 11 is 0. The van der Waals surface area contributed by atoms with Gasteiger partial charge in [-0.05, 0) is 42.5 Å². The van der Waals surface area contributed by atoms with Crippen molar-refractivity contribution in [2.24, 2.45) is 0 Å². The number of hydrogen-bond donors (Lipinski definition) is 0. The number of para-hydroxylation sites is 2. The van der Waals surface area contributed by atoms with Crippen LogP contribution in [0.1, 0.15) is 10.4 Å². The van der Waals surface area contributed by atoms with Crippen LogP contribution in [0.2, 0.25) is 0 Å². The summed E-state index contributed by atoms with van der Waals surface area (Å²) in [7, 11) is 1.64. The highest BCUT2D eigenvalue weighted by Gasteiger charge is 2.15. The van der Waals surface area contributed by atoms with Crippen molar-refractivity contribution in [1.82, 2.24) is 0 Å². The summed E-state index contributed by atoms with van der Waals surface area (Å²) < 4.78 is 10.9. The van der Waals surface area contributed by atoms with Crippen LogP contribution in [-0.2, 0) is 9.53 Å². The summed E-state index contributed by atoms with van der Waals surface area (Å²) in [6.07, 6.45) is 0. The predicted octanol–water partition coefficient (Wildman–Crippen LogP) is 4.30. The third-order valence-corrected chi connectivity index (χ3v) is 3.89. The number of anilines is 1. The van der Waals surface area contributed by atoms with E-state index in [1.807, 2.05) is 60.7 Å². The number of benzene rings is 3. The molecule has 0 aliphatic carbocycles. The number of amides is 1. The van der Waals surface area contributed by atoms with E-state index in [-0.39, 0.29) is 12.5 Å². The molecule has 0 heterocycles. The van der Waals surface area contributed by atoms with Gasteiger partial charge in [0.25, 0.3) is 5.91 Å². The van der Waals surface area contributed by atoms with Crippen molar-refractivity contribution in [3.05, 3.63) is 90.5 Å². The van der Waals surface area contributed by atoms with E-state index in [9.17, 15) is 9.59 Å². The number of ether oxygens (including phenoxy) is 2. The molecule has 5 heteroatoms. The molecule has 0 aromatic heterocycles. The van der Waals surface area contributed by atoms with Gasteiger partial charge in [-0.3, -0.25) is 4.79 Å². The highest BCUT2D eigenvalue weighted by atomic mass is 16.5. The Balaban J connectivity index is 1.59. The van der Waals surface area contributed by atoms with Crippen LogP contribution < -0.4 is 9.64 Å². The van der Waals surface area contributed by atoms with Crippen LogP contribution in [0.15, 0.2) is 84.9 Å². The molecule has 0 aliphatic heterocycles. The van der Waals surface area contributed by atoms with Gasteiger partial charge in [-0.2, -0.15) is 0 Å². The van der Waals surface area contributed by atoms with Crippen LogP contribution in [0.3, 0.4) is 0 Å². The molecule has 3 aromatic carbocycles. The molecule has 3 rings (SSSR count). The predicted molar refractivity (Wildman–Crippen MR) is 103 cm³/mol. The first-order valence-corrected chi connectivity index (χ1v) is 8.45. The van der Waals surface area contributed by atoms with Gasteiger partial charge in [-0.15, -0.1) is 0 Å². The summed E-state index contributed by atoms with van der Waals surface area (Å²) in [6, 6.07) is 25.1. The molecule has 5 nitrogen and oxygen atoms in total. The fourth-order valence-corrected chi connectivity index (χ4v) is 2.41. The maximum atomic E-state index is 12.3. The SMILES string of the molecule is CN(C(=O)COC(=O)c1cccc(Oc2ccccc2)c1)c1ccccc1. The molecular weight excluding hydrogens is 342 g/mol. The summed E-state index contributed by atoms with van der Waals surface area (Å²) in [5, 5.41) is 0. The largest absolute Gasteiger partial charge is 0.457 e. The van der Waals surface area contributed by atoms with Gasteiger partial charge in [0.15, 0.2) is 6.61 Å². The second-order valence-electron chi connectivity index (χ2n) is 5.81. The highest BCUT2D eigenvalue weighted by Crippen LogP contribution is 2.22. The van der Waals surface area contributed by atoms with E-state index in [0.717, 1.165) is 5.69 Å². The number of likely N-dealkylation sites (N-methyl/N-ethyl adjacent to an activating group) is 1. The topological polar surface area (TPSA) is 55.8 Å². The molecule has 0 aliphatic rings. The minimum absolute atomic E-state index is 0.314. The maximum Gasteiger partial charge on any atom is 0.338 e. The maximum absolute atomic E-state index is 12.3. The molecule has 3 aromatic rings. The molecule has 136 valence electrons. The zero-order valence-electron chi connectivity index (χ0n) is 14.9. The second kappa shape index (κ2) is 8.67. The van der Waals surface area contributed by atoms with Gasteiger partial charge in [-0.1, -0.05) is 42.5 Å². The van der Waals surface area contributed by atoms with Crippen molar-refractivity contribution < 1.29 is 19.1 Å². The number of carbonyl (C=O) groups is 2. The molecule has 0 saturated heterocycles. The minimum Gasteiger partial charge on any atom is -0.457 e. The number of nitrogens with zero attached hydrogens (tertiary/aromatic N) is 1. The van der Waals surface area contributed by atoms with E-state index in [4.69, 9.17) is 9.47 Å². The molecule has 0 saturated carbocycles. The van der Waals surface area contributed by atoms with Crippen molar-refractivity contribution in [2.75, 3.05) is 18.6 Å². The minimum atomic E-state index is -0.580. The van der Waals surface area contributed by atoms with Crippen molar-refractivity contribution in [1.29, 1.82) is 0 Å². The Labute approximate surface area is 157 Å². The van der Waals surface area contributed by atoms with Gasteiger partial charge in [0.1, 0.15) is 11.5 Å². The summed E-state index contributed by atoms with van der Waals surface area (Å²) in [6.45, 7) is -0.339. The lowest BCUT2D eigenvalue weighted by Gasteiger charge is -2.17. The number of esters is 1. The van der Waals surface area contributed by atoms with Gasteiger partial charge < -0.3 is 14.4 Å². The van der Waals surface area contributed by atoms with Gasteiger partial charge in [0, 0.05) is 12.7 Å². The summed E-state index contributed by atoms with van der Waals surface area (Å²) in [5.74, 6) is 0.292. The van der Waals surface area contributed by atoms with Crippen LogP contribution in [0.4, 0.5) is 5.69 Å². The molecule has 1 amide bonds. The van der Waals surface area contributed by atoms with Gasteiger partial charge >= 0.3 is 5.97 Å². The van der Waals surface area contributed by atoms with Gasteiger partial charge in [0.05, 0.1) is 5.56 Å². The highest BCUT2D eigenvalue weighted by molar-refractivity contribution is 5.96. The lowest BCUT2D eigenvalue weighted by molar-refractivity contribution is -0.121. The van der Waals surface area contributed by atoms with E-state index in [1.54, 1.807) is 31.3 Å². The van der Waals surface area contributed by atoms with Crippen molar-refractivity contribution in [3.63, 3.8) is 0 Å². The van der Waals surface area contributed by atoms with E-state index in [2.05, 4.69) is 0 Å². The van der Waals surface area contributed by atoms with Gasteiger partial charge in [0.2, 0.25) is 0 Å². The third-order valence-electron chi connectivity index (χ3n) is 3.89. The fourth-order valence-electron chi connectivity index (χ4n) is 2.41. The number of carbonyl (C=O) groups excluding carboxylic acids is 2. The normalized spacial score (nSPS) is 10.1. The van der Waals surface area contributed by atoms with Crippen LogP contribution in [0.25, 0.3) is 0 Å². The average Bonchev–Trinajstić information content (AvgIpc) is 2.72. The Morgan fingerprint density at radius 2 is 1.44 bits per heavy atom. The zero-order chi connectivity index (χ0) is 19.1. The third kappa shape index (κ3) is 4.95. The summed E-state index contributed by atoms with van der Waals surface area (Å²) in [5.41, 5.74) is 1.05. The molecule has 0 N–H and O–H groups in total. The molecule has 0 bridgehead atoms. The van der Waals surface area contributed by atoms with Crippen LogP contribution in [-0.4, -0.2) is 25.5 Å². The molecular formula is C22H19NO4. The first-order valence-electron chi connectivity index (χ1n) is 8.45. The first kappa shape index (κ1) is 18.2. The second-order valence-corrected chi connectivity index (χ2v) is 5.81. The van der Waals surface area contributed by atoms with E-state index in [0.29, 0.717) is 17.1 Å². The van der Waals surface area contributed by atoms with E-state index in [1.165, 1.54) is 4.90 Å². The molecule has 0 fully saturated rings. The standard InChI is InChI=1S/C22H19NO4/c1-23(18-10-4-2-5-11-18)21(24)16-26-22(25)17-9-8-14-20(15-17)27-19-12-6-3-7-13-19/h2-15H,16H2,1H3. The van der Waals surface area contributed by atoms with Crippen LogP contribution in [0.5, 0.6) is 11.5 Å². The molecule has 0 spiro atoms. The quantitative estimate of drug-likeness (QED) is 0.614. The molecule has 0 unspecified atom stereocenters. The Hall–Kier alpha value is -3.60. The zero-order valence-corrected chi connectivity index (χ0v) is 14.9.